The molecule has 3 nitrogen and oxygen atoms in total. The number of nitrogens with one attached hydrogen (secondary N) is 1. The molecule has 0 unspecified atom stereocenters. The third kappa shape index (κ3) is 3.93. The lowest BCUT2D eigenvalue weighted by molar-refractivity contribution is 0.665. The lowest BCUT2D eigenvalue weighted by atomic mass is 10.1. The lowest BCUT2D eigenvalue weighted by Gasteiger charge is -2.06. The van der Waals surface area contributed by atoms with Gasteiger partial charge in [0.2, 0.25) is 0 Å². The van der Waals surface area contributed by atoms with Gasteiger partial charge in [-0.15, -0.1) is 0 Å². The Hall–Kier alpha value is -1.61. The Labute approximate surface area is 115 Å². The van der Waals surface area contributed by atoms with E-state index in [4.69, 9.17) is 0 Å². The monoisotopic (exact) mass is 257 g/mol. The van der Waals surface area contributed by atoms with Crippen LogP contribution < -0.4 is 5.32 Å². The summed E-state index contributed by atoms with van der Waals surface area (Å²) in [5.41, 5.74) is 5.13. The highest BCUT2D eigenvalue weighted by atomic mass is 15.0. The van der Waals surface area contributed by atoms with Crippen molar-refractivity contribution in [2.45, 2.75) is 40.3 Å². The third-order valence-electron chi connectivity index (χ3n) is 3.36. The first-order valence-electron chi connectivity index (χ1n) is 6.96. The van der Waals surface area contributed by atoms with Gasteiger partial charge in [-0.3, -0.25) is 0 Å². The molecule has 19 heavy (non-hydrogen) atoms. The van der Waals surface area contributed by atoms with Crippen LogP contribution in [0.3, 0.4) is 0 Å². The van der Waals surface area contributed by atoms with Crippen LogP contribution in [0.25, 0.3) is 0 Å². The van der Waals surface area contributed by atoms with Gasteiger partial charge in [-0.1, -0.05) is 25.1 Å². The summed E-state index contributed by atoms with van der Waals surface area (Å²) in [5.74, 6) is 0. The van der Waals surface area contributed by atoms with E-state index in [0.29, 0.717) is 0 Å². The molecule has 2 aromatic rings. The van der Waals surface area contributed by atoms with Crippen molar-refractivity contribution in [2.75, 3.05) is 6.54 Å². The zero-order valence-corrected chi connectivity index (χ0v) is 12.1. The molecule has 0 radical (unpaired) electrons. The molecule has 102 valence electrons. The molecular weight excluding hydrogens is 234 g/mol. The summed E-state index contributed by atoms with van der Waals surface area (Å²) in [6.07, 6.45) is 5.19. The SMILES string of the molecule is CCCNCc1cn(Cc2ccc(C)c(C)c2)cn1. The van der Waals surface area contributed by atoms with Crippen molar-refractivity contribution in [3.63, 3.8) is 0 Å². The molecule has 0 bridgehead atoms. The molecule has 0 amide bonds. The number of imidazole rings is 1. The van der Waals surface area contributed by atoms with Gasteiger partial charge in [0.25, 0.3) is 0 Å². The van der Waals surface area contributed by atoms with Crippen LogP contribution in [-0.4, -0.2) is 16.1 Å². The Balaban J connectivity index is 1.97. The van der Waals surface area contributed by atoms with Crippen LogP contribution >= 0.6 is 0 Å². The number of aromatic nitrogens is 2. The summed E-state index contributed by atoms with van der Waals surface area (Å²) in [6, 6.07) is 6.63. The molecule has 0 aliphatic carbocycles. The second-order valence-corrected chi connectivity index (χ2v) is 5.13. The van der Waals surface area contributed by atoms with E-state index < -0.39 is 0 Å². The molecule has 0 spiro atoms. The Morgan fingerprint density at radius 3 is 2.79 bits per heavy atom. The number of hydrogen-bond donors (Lipinski definition) is 1. The largest absolute Gasteiger partial charge is 0.333 e. The topological polar surface area (TPSA) is 29.9 Å². The summed E-state index contributed by atoms with van der Waals surface area (Å²) in [7, 11) is 0. The molecule has 1 heterocycles. The fourth-order valence-electron chi connectivity index (χ4n) is 2.09. The fraction of sp³-hybridized carbons (Fsp3) is 0.438. The predicted octanol–water partition coefficient (Wildman–Crippen LogP) is 3.05. The molecule has 0 atom stereocenters. The quantitative estimate of drug-likeness (QED) is 0.806. The number of aryl methyl sites for hydroxylation is 2. The van der Waals surface area contributed by atoms with Gasteiger partial charge in [-0.05, 0) is 43.5 Å². The van der Waals surface area contributed by atoms with E-state index >= 15 is 0 Å². The Kier molecular flexibility index (Phi) is 4.74. The van der Waals surface area contributed by atoms with E-state index in [2.05, 4.69) is 60.0 Å². The van der Waals surface area contributed by atoms with E-state index in [1.807, 2.05) is 6.33 Å². The van der Waals surface area contributed by atoms with Crippen molar-refractivity contribution in [3.8, 4) is 0 Å². The smallest absolute Gasteiger partial charge is 0.0953 e. The van der Waals surface area contributed by atoms with Gasteiger partial charge in [0.05, 0.1) is 12.0 Å². The fourth-order valence-corrected chi connectivity index (χ4v) is 2.09. The first-order valence-corrected chi connectivity index (χ1v) is 6.96. The standard InChI is InChI=1S/C16H23N3/c1-4-7-17-9-16-11-19(12-18-16)10-15-6-5-13(2)14(3)8-15/h5-6,8,11-12,17H,4,7,9-10H2,1-3H3. The number of rotatable bonds is 6. The van der Waals surface area contributed by atoms with Gasteiger partial charge in [-0.2, -0.15) is 0 Å². The summed E-state index contributed by atoms with van der Waals surface area (Å²) in [6.45, 7) is 9.27. The second-order valence-electron chi connectivity index (χ2n) is 5.13. The van der Waals surface area contributed by atoms with E-state index in [1.54, 1.807) is 0 Å². The summed E-state index contributed by atoms with van der Waals surface area (Å²) >= 11 is 0. The van der Waals surface area contributed by atoms with E-state index in [9.17, 15) is 0 Å². The molecule has 1 N–H and O–H groups in total. The average Bonchev–Trinajstić information content (AvgIpc) is 2.82. The normalized spacial score (nSPS) is 10.9. The summed E-state index contributed by atoms with van der Waals surface area (Å²) < 4.78 is 2.15. The highest BCUT2D eigenvalue weighted by molar-refractivity contribution is 5.30. The maximum Gasteiger partial charge on any atom is 0.0953 e. The number of hydrogen-bond acceptors (Lipinski definition) is 2. The molecule has 0 saturated carbocycles. The van der Waals surface area contributed by atoms with Gasteiger partial charge in [0, 0.05) is 19.3 Å². The zero-order valence-electron chi connectivity index (χ0n) is 12.1. The van der Waals surface area contributed by atoms with E-state index in [-0.39, 0.29) is 0 Å². The maximum atomic E-state index is 4.42. The minimum absolute atomic E-state index is 0.855. The van der Waals surface area contributed by atoms with Crippen molar-refractivity contribution in [1.82, 2.24) is 14.9 Å². The van der Waals surface area contributed by atoms with E-state index in [1.165, 1.54) is 16.7 Å². The van der Waals surface area contributed by atoms with Crippen LogP contribution in [0.15, 0.2) is 30.7 Å². The van der Waals surface area contributed by atoms with Crippen molar-refractivity contribution < 1.29 is 0 Å². The van der Waals surface area contributed by atoms with Crippen LogP contribution in [0.2, 0.25) is 0 Å². The zero-order chi connectivity index (χ0) is 13.7. The molecular formula is C16H23N3. The van der Waals surface area contributed by atoms with Crippen molar-refractivity contribution in [2.24, 2.45) is 0 Å². The average molecular weight is 257 g/mol. The minimum atomic E-state index is 0.855. The lowest BCUT2D eigenvalue weighted by Crippen LogP contribution is -2.13. The Morgan fingerprint density at radius 1 is 1.21 bits per heavy atom. The molecule has 0 aliphatic heterocycles. The van der Waals surface area contributed by atoms with Crippen LogP contribution in [-0.2, 0) is 13.1 Å². The van der Waals surface area contributed by atoms with Crippen molar-refractivity contribution in [3.05, 3.63) is 53.1 Å². The van der Waals surface area contributed by atoms with Gasteiger partial charge >= 0.3 is 0 Å². The van der Waals surface area contributed by atoms with Gasteiger partial charge in [-0.25, -0.2) is 4.98 Å². The molecule has 2 rings (SSSR count). The predicted molar refractivity (Wildman–Crippen MR) is 79.2 cm³/mol. The first-order chi connectivity index (χ1) is 9.19. The number of benzene rings is 1. The minimum Gasteiger partial charge on any atom is -0.333 e. The van der Waals surface area contributed by atoms with Crippen LogP contribution in [0.4, 0.5) is 0 Å². The van der Waals surface area contributed by atoms with E-state index in [0.717, 1.165) is 31.7 Å². The molecule has 1 aromatic heterocycles. The summed E-state index contributed by atoms with van der Waals surface area (Å²) in [4.78, 5) is 4.42. The van der Waals surface area contributed by atoms with Gasteiger partial charge < -0.3 is 9.88 Å². The molecule has 0 aliphatic rings. The molecule has 1 aromatic carbocycles. The van der Waals surface area contributed by atoms with Crippen LogP contribution in [0.5, 0.6) is 0 Å². The van der Waals surface area contributed by atoms with Gasteiger partial charge in [0.1, 0.15) is 0 Å². The Morgan fingerprint density at radius 2 is 2.05 bits per heavy atom. The summed E-state index contributed by atoms with van der Waals surface area (Å²) in [5, 5.41) is 3.37. The third-order valence-corrected chi connectivity index (χ3v) is 3.36. The van der Waals surface area contributed by atoms with Crippen molar-refractivity contribution >= 4 is 0 Å². The van der Waals surface area contributed by atoms with Gasteiger partial charge in [0.15, 0.2) is 0 Å². The molecule has 3 heteroatoms. The Bertz CT molecular complexity index is 529. The van der Waals surface area contributed by atoms with Crippen LogP contribution in [0.1, 0.15) is 35.7 Å². The molecule has 0 fully saturated rings. The molecule has 0 saturated heterocycles. The highest BCUT2D eigenvalue weighted by Crippen LogP contribution is 2.11. The number of nitrogens with zero attached hydrogens (tertiary/aromatic N) is 2. The van der Waals surface area contributed by atoms with Crippen LogP contribution in [0, 0.1) is 13.8 Å². The maximum absolute atomic E-state index is 4.42. The van der Waals surface area contributed by atoms with Crippen molar-refractivity contribution in [1.29, 1.82) is 0 Å². The second kappa shape index (κ2) is 6.53. The first kappa shape index (κ1) is 13.8. The highest BCUT2D eigenvalue weighted by Gasteiger charge is 2.01.